The number of amides is 1. The number of carbonyl (C=O) groups is 1. The molecule has 0 radical (unpaired) electrons. The summed E-state index contributed by atoms with van der Waals surface area (Å²) in [5, 5.41) is 2.92. The summed E-state index contributed by atoms with van der Waals surface area (Å²) in [4.78, 5) is 11.3. The SMILES string of the molecule is CC1C=C2C(=CC1)OC(=O)NC21CC1. The molecule has 0 aromatic carbocycles. The third-order valence-corrected chi connectivity index (χ3v) is 3.20. The Morgan fingerprint density at radius 1 is 1.57 bits per heavy atom. The molecule has 3 rings (SSSR count). The molecule has 1 saturated heterocycles. The van der Waals surface area contributed by atoms with Crippen LogP contribution in [0.5, 0.6) is 0 Å². The Bertz CT molecular complexity index is 363. The van der Waals surface area contributed by atoms with Crippen molar-refractivity contribution in [1.29, 1.82) is 0 Å². The average molecular weight is 191 g/mol. The molecule has 1 heterocycles. The van der Waals surface area contributed by atoms with E-state index < -0.39 is 0 Å². The highest BCUT2D eigenvalue weighted by molar-refractivity contribution is 5.76. The van der Waals surface area contributed by atoms with E-state index in [2.05, 4.69) is 18.3 Å². The number of hydrogen-bond acceptors (Lipinski definition) is 2. The lowest BCUT2D eigenvalue weighted by atomic mass is 9.90. The topological polar surface area (TPSA) is 38.3 Å². The number of ether oxygens (including phenoxy) is 1. The second-order valence-corrected chi connectivity index (χ2v) is 4.46. The van der Waals surface area contributed by atoms with Crippen molar-refractivity contribution in [2.24, 2.45) is 5.92 Å². The largest absolute Gasteiger partial charge is 0.413 e. The van der Waals surface area contributed by atoms with Crippen LogP contribution in [0.4, 0.5) is 4.79 Å². The number of rotatable bonds is 0. The molecule has 74 valence electrons. The van der Waals surface area contributed by atoms with Crippen LogP contribution >= 0.6 is 0 Å². The molecule has 1 spiro atoms. The van der Waals surface area contributed by atoms with Crippen molar-refractivity contribution in [3.05, 3.63) is 23.5 Å². The maximum Gasteiger partial charge on any atom is 0.413 e. The Labute approximate surface area is 82.8 Å². The van der Waals surface area contributed by atoms with Gasteiger partial charge in [-0.25, -0.2) is 4.79 Å². The molecule has 2 aliphatic carbocycles. The molecule has 1 N–H and O–H groups in total. The van der Waals surface area contributed by atoms with E-state index in [4.69, 9.17) is 4.74 Å². The van der Waals surface area contributed by atoms with E-state index in [1.54, 1.807) is 0 Å². The second kappa shape index (κ2) is 2.41. The maximum absolute atomic E-state index is 11.3. The van der Waals surface area contributed by atoms with Crippen molar-refractivity contribution in [1.82, 2.24) is 5.32 Å². The van der Waals surface area contributed by atoms with E-state index in [-0.39, 0.29) is 11.6 Å². The predicted octanol–water partition coefficient (Wildman–Crippen LogP) is 2.11. The van der Waals surface area contributed by atoms with Gasteiger partial charge in [0.25, 0.3) is 0 Å². The molecule has 2 fully saturated rings. The van der Waals surface area contributed by atoms with Crippen LogP contribution in [0.2, 0.25) is 0 Å². The van der Waals surface area contributed by atoms with E-state index in [0.29, 0.717) is 5.92 Å². The highest BCUT2D eigenvalue weighted by atomic mass is 16.6. The fourth-order valence-corrected chi connectivity index (χ4v) is 2.24. The third kappa shape index (κ3) is 1.01. The molecule has 3 aliphatic rings. The number of hydrogen-bond donors (Lipinski definition) is 1. The maximum atomic E-state index is 11.3. The van der Waals surface area contributed by atoms with Gasteiger partial charge < -0.3 is 10.1 Å². The minimum absolute atomic E-state index is 0.0597. The van der Waals surface area contributed by atoms with Crippen LogP contribution in [0.3, 0.4) is 0 Å². The molecule has 3 nitrogen and oxygen atoms in total. The van der Waals surface area contributed by atoms with Gasteiger partial charge in [-0.3, -0.25) is 0 Å². The Balaban J connectivity index is 2.02. The normalized spacial score (nSPS) is 32.4. The van der Waals surface area contributed by atoms with Gasteiger partial charge in [0, 0.05) is 5.57 Å². The van der Waals surface area contributed by atoms with Crippen LogP contribution in [0, 0.1) is 5.92 Å². The van der Waals surface area contributed by atoms with Crippen molar-refractivity contribution in [3.8, 4) is 0 Å². The first-order valence-corrected chi connectivity index (χ1v) is 5.12. The molecule has 14 heavy (non-hydrogen) atoms. The van der Waals surface area contributed by atoms with Gasteiger partial charge in [0.15, 0.2) is 0 Å². The molecule has 0 aromatic heterocycles. The first kappa shape index (κ1) is 8.09. The summed E-state index contributed by atoms with van der Waals surface area (Å²) < 4.78 is 5.16. The van der Waals surface area contributed by atoms with Crippen LogP contribution in [-0.4, -0.2) is 11.6 Å². The first-order valence-electron chi connectivity index (χ1n) is 5.12. The summed E-state index contributed by atoms with van der Waals surface area (Å²) in [6, 6.07) is 0. The van der Waals surface area contributed by atoms with Gasteiger partial charge in [0.1, 0.15) is 5.76 Å². The summed E-state index contributed by atoms with van der Waals surface area (Å²) in [5.74, 6) is 1.36. The standard InChI is InChI=1S/C11H13NO2/c1-7-2-3-9-8(6-7)11(4-5-11)12-10(13)14-9/h3,6-7H,2,4-5H2,1H3,(H,12,13). The highest BCUT2D eigenvalue weighted by Gasteiger charge is 2.52. The predicted molar refractivity (Wildman–Crippen MR) is 51.5 cm³/mol. The highest BCUT2D eigenvalue weighted by Crippen LogP contribution is 2.49. The van der Waals surface area contributed by atoms with Gasteiger partial charge in [-0.05, 0) is 31.3 Å². The van der Waals surface area contributed by atoms with Crippen LogP contribution in [0.25, 0.3) is 0 Å². The average Bonchev–Trinajstić information content (AvgIpc) is 2.88. The lowest BCUT2D eigenvalue weighted by Gasteiger charge is -2.31. The van der Waals surface area contributed by atoms with Gasteiger partial charge in [-0.1, -0.05) is 13.0 Å². The van der Waals surface area contributed by atoms with Crippen LogP contribution < -0.4 is 5.32 Å². The van der Waals surface area contributed by atoms with Crippen molar-refractivity contribution in [2.45, 2.75) is 31.7 Å². The van der Waals surface area contributed by atoms with Crippen molar-refractivity contribution in [3.63, 3.8) is 0 Å². The van der Waals surface area contributed by atoms with Gasteiger partial charge >= 0.3 is 6.09 Å². The fourth-order valence-electron chi connectivity index (χ4n) is 2.24. The molecule has 3 heteroatoms. The van der Waals surface area contributed by atoms with Crippen molar-refractivity contribution < 1.29 is 9.53 Å². The summed E-state index contributed by atoms with van der Waals surface area (Å²) >= 11 is 0. The number of nitrogens with one attached hydrogen (secondary N) is 1. The minimum atomic E-state index is -0.291. The monoisotopic (exact) mass is 191 g/mol. The van der Waals surface area contributed by atoms with Gasteiger partial charge in [-0.15, -0.1) is 0 Å². The zero-order chi connectivity index (χ0) is 9.76. The molecule has 1 amide bonds. The van der Waals surface area contributed by atoms with E-state index in [9.17, 15) is 4.79 Å². The van der Waals surface area contributed by atoms with Crippen LogP contribution in [0.1, 0.15) is 26.2 Å². The molecule has 1 aliphatic heterocycles. The summed E-state index contributed by atoms with van der Waals surface area (Å²) in [5.41, 5.74) is 1.14. The van der Waals surface area contributed by atoms with E-state index in [1.165, 1.54) is 5.57 Å². The molecular formula is C11H13NO2. The van der Waals surface area contributed by atoms with E-state index >= 15 is 0 Å². The van der Waals surface area contributed by atoms with Crippen LogP contribution in [0.15, 0.2) is 23.5 Å². The van der Waals surface area contributed by atoms with Crippen molar-refractivity contribution in [2.75, 3.05) is 0 Å². The van der Waals surface area contributed by atoms with Crippen LogP contribution in [-0.2, 0) is 4.74 Å². The first-order chi connectivity index (χ1) is 6.70. The van der Waals surface area contributed by atoms with Gasteiger partial charge in [-0.2, -0.15) is 0 Å². The van der Waals surface area contributed by atoms with E-state index in [0.717, 1.165) is 25.0 Å². The molecule has 1 unspecified atom stereocenters. The molecule has 0 aromatic rings. The number of fused-ring (bicyclic) bond motifs is 2. The summed E-state index contributed by atoms with van der Waals surface area (Å²) in [6.45, 7) is 2.19. The second-order valence-electron chi connectivity index (χ2n) is 4.46. The summed E-state index contributed by atoms with van der Waals surface area (Å²) in [6.07, 6.45) is 7.07. The summed E-state index contributed by atoms with van der Waals surface area (Å²) in [7, 11) is 0. The smallest absolute Gasteiger partial charge is 0.410 e. The molecule has 1 saturated carbocycles. The number of carbonyl (C=O) groups excluding carboxylic acids is 1. The molecule has 0 bridgehead atoms. The van der Waals surface area contributed by atoms with Gasteiger partial charge in [0.05, 0.1) is 5.54 Å². The zero-order valence-corrected chi connectivity index (χ0v) is 8.17. The van der Waals surface area contributed by atoms with E-state index in [1.807, 2.05) is 6.08 Å². The quantitative estimate of drug-likeness (QED) is 0.636. The number of alkyl carbamates (subject to hydrolysis) is 1. The van der Waals surface area contributed by atoms with Crippen molar-refractivity contribution >= 4 is 6.09 Å². The lowest BCUT2D eigenvalue weighted by Crippen LogP contribution is -2.44. The third-order valence-electron chi connectivity index (χ3n) is 3.20. The lowest BCUT2D eigenvalue weighted by molar-refractivity contribution is 0.160. The Hall–Kier alpha value is -1.25. The Morgan fingerprint density at radius 3 is 3.07 bits per heavy atom. The Morgan fingerprint density at radius 2 is 2.36 bits per heavy atom. The number of allylic oxidation sites excluding steroid dienone is 2. The molecule has 1 atom stereocenters. The minimum Gasteiger partial charge on any atom is -0.410 e. The zero-order valence-electron chi connectivity index (χ0n) is 8.17. The fraction of sp³-hybridized carbons (Fsp3) is 0.545. The Kier molecular flexibility index (Phi) is 1.39. The van der Waals surface area contributed by atoms with Gasteiger partial charge in [0.2, 0.25) is 0 Å². The molecular weight excluding hydrogens is 178 g/mol.